The molecule has 0 aliphatic rings. The summed E-state index contributed by atoms with van der Waals surface area (Å²) in [6.45, 7) is 0. The fourth-order valence-corrected chi connectivity index (χ4v) is 4.26. The van der Waals surface area contributed by atoms with Crippen LogP contribution in [0, 0.1) is 11.6 Å². The van der Waals surface area contributed by atoms with Crippen molar-refractivity contribution in [1.82, 2.24) is 0 Å². The van der Waals surface area contributed by atoms with E-state index in [2.05, 4.69) is 0 Å². The Hall–Kier alpha value is -3.26. The first kappa shape index (κ1) is 20.5. The second kappa shape index (κ2) is 8.00. The second-order valence-electron chi connectivity index (χ2n) is 6.22. The molecule has 0 fully saturated rings. The van der Waals surface area contributed by atoms with Crippen LogP contribution in [0.4, 0.5) is 8.78 Å². The minimum atomic E-state index is -4.07. The van der Waals surface area contributed by atoms with Crippen molar-refractivity contribution in [1.29, 1.82) is 0 Å². The van der Waals surface area contributed by atoms with Gasteiger partial charge in [-0.05, 0) is 47.5 Å². The van der Waals surface area contributed by atoms with Gasteiger partial charge in [-0.15, -0.1) is 0 Å². The number of hydrogen-bond acceptors (Lipinski definition) is 4. The lowest BCUT2D eigenvalue weighted by atomic mass is 10.1. The topological polar surface area (TPSA) is 80.7 Å². The van der Waals surface area contributed by atoms with Crippen LogP contribution in [0.3, 0.4) is 0 Å². The summed E-state index contributed by atoms with van der Waals surface area (Å²) in [5.41, 5.74) is 0.374. The highest BCUT2D eigenvalue weighted by Crippen LogP contribution is 2.30. The minimum absolute atomic E-state index is 0.0701. The number of carbonyl (C=O) groups is 1. The number of sulfone groups is 1. The largest absolute Gasteiger partial charge is 0.497 e. The summed E-state index contributed by atoms with van der Waals surface area (Å²) in [5.74, 6) is -3.05. The van der Waals surface area contributed by atoms with E-state index in [-0.39, 0.29) is 38.7 Å². The molecule has 0 saturated carbocycles. The molecule has 0 atom stereocenters. The third-order valence-corrected chi connectivity index (χ3v) is 5.98. The Kier molecular flexibility index (Phi) is 5.65. The highest BCUT2D eigenvalue weighted by Gasteiger charge is 2.21. The zero-order valence-electron chi connectivity index (χ0n) is 15.2. The number of methoxy groups -OCH3 is 1. The molecule has 8 heteroatoms. The standard InChI is InChI=1S/C21H16F2O5S/c1-28-15-8-13(10-20(24)25)9-17(12-15)29(26,27)16-5-2-4-14(11-16)18-6-3-7-19(22)21(18)23/h2-9,11-12H,10H2,1H3,(H,24,25). The molecule has 0 aromatic heterocycles. The van der Waals surface area contributed by atoms with Crippen molar-refractivity contribution in [3.8, 4) is 16.9 Å². The lowest BCUT2D eigenvalue weighted by molar-refractivity contribution is -0.136. The maximum absolute atomic E-state index is 14.1. The third-order valence-electron chi connectivity index (χ3n) is 4.25. The molecule has 3 aromatic rings. The van der Waals surface area contributed by atoms with E-state index in [1.54, 1.807) is 0 Å². The average Bonchev–Trinajstić information content (AvgIpc) is 2.69. The first-order valence-electron chi connectivity index (χ1n) is 8.41. The molecule has 5 nitrogen and oxygen atoms in total. The highest BCUT2D eigenvalue weighted by atomic mass is 32.2. The molecule has 0 unspecified atom stereocenters. The number of rotatable bonds is 6. The van der Waals surface area contributed by atoms with Crippen LogP contribution in [-0.4, -0.2) is 26.6 Å². The number of carboxylic acids is 1. The Morgan fingerprint density at radius 1 is 1.00 bits per heavy atom. The molecule has 0 spiro atoms. The smallest absolute Gasteiger partial charge is 0.307 e. The zero-order valence-corrected chi connectivity index (χ0v) is 16.0. The monoisotopic (exact) mass is 418 g/mol. The summed E-state index contributed by atoms with van der Waals surface area (Å²) in [4.78, 5) is 10.7. The maximum atomic E-state index is 14.1. The van der Waals surface area contributed by atoms with E-state index < -0.39 is 27.4 Å². The van der Waals surface area contributed by atoms with Crippen molar-refractivity contribution < 1.29 is 31.8 Å². The van der Waals surface area contributed by atoms with E-state index in [0.29, 0.717) is 0 Å². The fraction of sp³-hybridized carbons (Fsp3) is 0.0952. The summed E-state index contributed by atoms with van der Waals surface area (Å²) in [6, 6.07) is 13.1. The first-order valence-corrected chi connectivity index (χ1v) is 9.90. The van der Waals surface area contributed by atoms with E-state index >= 15 is 0 Å². The minimum Gasteiger partial charge on any atom is -0.497 e. The van der Waals surface area contributed by atoms with Crippen LogP contribution in [0.1, 0.15) is 5.56 Å². The summed E-state index contributed by atoms with van der Waals surface area (Å²) in [6.07, 6.45) is -0.381. The van der Waals surface area contributed by atoms with Crippen molar-refractivity contribution in [2.24, 2.45) is 0 Å². The van der Waals surface area contributed by atoms with E-state index in [9.17, 15) is 22.0 Å². The maximum Gasteiger partial charge on any atom is 0.307 e. The molecule has 0 saturated heterocycles. The summed E-state index contributed by atoms with van der Waals surface area (Å²) >= 11 is 0. The van der Waals surface area contributed by atoms with Gasteiger partial charge in [-0.25, -0.2) is 17.2 Å². The molecule has 0 heterocycles. The quantitative estimate of drug-likeness (QED) is 0.652. The van der Waals surface area contributed by atoms with E-state index in [1.807, 2.05) is 0 Å². The van der Waals surface area contributed by atoms with Gasteiger partial charge in [-0.1, -0.05) is 24.3 Å². The number of halogens is 2. The van der Waals surface area contributed by atoms with Gasteiger partial charge < -0.3 is 9.84 Å². The predicted molar refractivity (Wildman–Crippen MR) is 102 cm³/mol. The number of aliphatic carboxylic acids is 1. The molecule has 1 N–H and O–H groups in total. The zero-order chi connectivity index (χ0) is 21.2. The molecule has 0 amide bonds. The Morgan fingerprint density at radius 2 is 1.72 bits per heavy atom. The van der Waals surface area contributed by atoms with Crippen molar-refractivity contribution in [3.63, 3.8) is 0 Å². The van der Waals surface area contributed by atoms with Crippen LogP contribution < -0.4 is 4.74 Å². The third kappa shape index (κ3) is 4.27. The van der Waals surface area contributed by atoms with Gasteiger partial charge in [0.2, 0.25) is 9.84 Å². The molecule has 3 aromatic carbocycles. The van der Waals surface area contributed by atoms with Gasteiger partial charge >= 0.3 is 5.97 Å². The predicted octanol–water partition coefficient (Wildman–Crippen LogP) is 4.10. The second-order valence-corrected chi connectivity index (χ2v) is 8.17. The molecule has 150 valence electrons. The normalized spacial score (nSPS) is 11.3. The Balaban J connectivity index is 2.11. The number of ether oxygens (including phenoxy) is 1. The van der Waals surface area contributed by atoms with Crippen LogP contribution >= 0.6 is 0 Å². The van der Waals surface area contributed by atoms with Crippen molar-refractivity contribution in [3.05, 3.63) is 77.9 Å². The van der Waals surface area contributed by atoms with Gasteiger partial charge in [-0.3, -0.25) is 4.79 Å². The van der Waals surface area contributed by atoms with E-state index in [0.717, 1.165) is 6.07 Å². The van der Waals surface area contributed by atoms with Crippen LogP contribution in [0.2, 0.25) is 0 Å². The molecule has 0 aliphatic carbocycles. The number of carboxylic acid groups (broad SMARTS) is 1. The van der Waals surface area contributed by atoms with Gasteiger partial charge in [0.15, 0.2) is 11.6 Å². The van der Waals surface area contributed by atoms with Crippen molar-refractivity contribution in [2.45, 2.75) is 16.2 Å². The highest BCUT2D eigenvalue weighted by molar-refractivity contribution is 7.91. The van der Waals surface area contributed by atoms with Crippen LogP contribution in [0.25, 0.3) is 11.1 Å². The molecule has 0 aliphatic heterocycles. The van der Waals surface area contributed by atoms with E-state index in [1.165, 1.54) is 61.7 Å². The van der Waals surface area contributed by atoms with Crippen LogP contribution in [0.5, 0.6) is 5.75 Å². The Labute approximate surface area is 166 Å². The molecule has 0 bridgehead atoms. The lowest BCUT2D eigenvalue weighted by Crippen LogP contribution is -2.06. The van der Waals surface area contributed by atoms with Crippen molar-refractivity contribution in [2.75, 3.05) is 7.11 Å². The summed E-state index contributed by atoms with van der Waals surface area (Å²) in [7, 11) is -2.74. The lowest BCUT2D eigenvalue weighted by Gasteiger charge is -2.11. The van der Waals surface area contributed by atoms with Gasteiger partial charge in [0.25, 0.3) is 0 Å². The Bertz CT molecular complexity index is 1190. The van der Waals surface area contributed by atoms with E-state index in [4.69, 9.17) is 9.84 Å². The van der Waals surface area contributed by atoms with Gasteiger partial charge in [0.1, 0.15) is 5.75 Å². The molecular weight excluding hydrogens is 402 g/mol. The fourth-order valence-electron chi connectivity index (χ4n) is 2.87. The van der Waals surface area contributed by atoms with Crippen molar-refractivity contribution >= 4 is 15.8 Å². The molecule has 29 heavy (non-hydrogen) atoms. The molecule has 3 rings (SSSR count). The number of hydrogen-bond donors (Lipinski definition) is 1. The first-order chi connectivity index (χ1) is 13.7. The van der Waals surface area contributed by atoms with Crippen LogP contribution in [0.15, 0.2) is 70.5 Å². The van der Waals surface area contributed by atoms with Crippen LogP contribution in [-0.2, 0) is 21.1 Å². The number of benzene rings is 3. The molecular formula is C21H16F2O5S. The summed E-state index contributed by atoms with van der Waals surface area (Å²) in [5, 5.41) is 9.00. The van der Waals surface area contributed by atoms with Gasteiger partial charge in [-0.2, -0.15) is 0 Å². The SMILES string of the molecule is COc1cc(CC(=O)O)cc(S(=O)(=O)c2cccc(-c3cccc(F)c3F)c2)c1. The van der Waals surface area contributed by atoms with Gasteiger partial charge in [0, 0.05) is 5.56 Å². The van der Waals surface area contributed by atoms with Gasteiger partial charge in [0.05, 0.1) is 23.3 Å². The molecule has 0 radical (unpaired) electrons. The Morgan fingerprint density at radius 3 is 2.41 bits per heavy atom. The average molecular weight is 418 g/mol. The summed E-state index contributed by atoms with van der Waals surface area (Å²) < 4.78 is 58.9.